The second-order valence-corrected chi connectivity index (χ2v) is 3.53. The minimum atomic E-state index is -0.143. The fourth-order valence-electron chi connectivity index (χ4n) is 0.389. The molecule has 0 fully saturated rings. The van der Waals surface area contributed by atoms with E-state index in [1.54, 1.807) is 0 Å². The van der Waals surface area contributed by atoms with Crippen LogP contribution in [0.5, 0.6) is 0 Å². The fraction of sp³-hybridized carbons (Fsp3) is 0.857. The number of aliphatic hydroxyl groups is 1. The Morgan fingerprint density at radius 1 is 1.50 bits per heavy atom. The fourth-order valence-corrected chi connectivity index (χ4v) is 0.389. The highest BCUT2D eigenvalue weighted by molar-refractivity contribution is 5.81. The SMILES string of the molecule is CC(C)(C)CN=C(N)CO. The lowest BCUT2D eigenvalue weighted by atomic mass is 9.97. The van der Waals surface area contributed by atoms with Gasteiger partial charge in [-0.1, -0.05) is 20.8 Å². The monoisotopic (exact) mass is 144 g/mol. The first kappa shape index (κ1) is 9.43. The zero-order valence-electron chi connectivity index (χ0n) is 6.89. The van der Waals surface area contributed by atoms with E-state index in [4.69, 9.17) is 10.8 Å². The van der Waals surface area contributed by atoms with Crippen molar-refractivity contribution in [1.29, 1.82) is 0 Å². The summed E-state index contributed by atoms with van der Waals surface area (Å²) in [7, 11) is 0. The molecule has 0 spiro atoms. The standard InChI is InChI=1S/C7H16N2O/c1-7(2,3)5-9-6(8)4-10/h10H,4-5H2,1-3H3,(H2,8,9). The summed E-state index contributed by atoms with van der Waals surface area (Å²) in [6.45, 7) is 6.74. The number of hydrogen-bond acceptors (Lipinski definition) is 2. The van der Waals surface area contributed by atoms with Crippen LogP contribution < -0.4 is 5.73 Å². The Labute approximate surface area is 62.0 Å². The molecule has 3 heteroatoms. The molecule has 0 saturated carbocycles. The van der Waals surface area contributed by atoms with Crippen molar-refractivity contribution in [2.24, 2.45) is 16.1 Å². The van der Waals surface area contributed by atoms with Crippen LogP contribution in [0.15, 0.2) is 4.99 Å². The predicted molar refractivity (Wildman–Crippen MR) is 43.0 cm³/mol. The predicted octanol–water partition coefficient (Wildman–Crippen LogP) is 0.382. The molecule has 0 amide bonds. The van der Waals surface area contributed by atoms with Gasteiger partial charge in [-0.25, -0.2) is 0 Å². The molecule has 3 nitrogen and oxygen atoms in total. The molecule has 0 radical (unpaired) electrons. The Morgan fingerprint density at radius 3 is 2.30 bits per heavy atom. The molecule has 0 heterocycles. The van der Waals surface area contributed by atoms with Crippen molar-refractivity contribution >= 4 is 5.84 Å². The van der Waals surface area contributed by atoms with Crippen molar-refractivity contribution in [3.8, 4) is 0 Å². The van der Waals surface area contributed by atoms with E-state index in [-0.39, 0.29) is 12.0 Å². The van der Waals surface area contributed by atoms with Gasteiger partial charge in [0.05, 0.1) is 0 Å². The van der Waals surface area contributed by atoms with E-state index in [1.807, 2.05) is 0 Å². The molecule has 0 aliphatic heterocycles. The quantitative estimate of drug-likeness (QED) is 0.435. The molecule has 0 aliphatic carbocycles. The lowest BCUT2D eigenvalue weighted by molar-refractivity contribution is 0.353. The van der Waals surface area contributed by atoms with E-state index in [2.05, 4.69) is 25.8 Å². The molecule has 0 aliphatic rings. The zero-order valence-corrected chi connectivity index (χ0v) is 6.89. The van der Waals surface area contributed by atoms with E-state index >= 15 is 0 Å². The Hall–Kier alpha value is -0.570. The van der Waals surface area contributed by atoms with Crippen LogP contribution in [0.25, 0.3) is 0 Å². The second-order valence-electron chi connectivity index (χ2n) is 3.53. The molecule has 0 rings (SSSR count). The Kier molecular flexibility index (Phi) is 3.36. The largest absolute Gasteiger partial charge is 0.388 e. The third-order valence-electron chi connectivity index (χ3n) is 0.918. The zero-order chi connectivity index (χ0) is 8.20. The van der Waals surface area contributed by atoms with Gasteiger partial charge >= 0.3 is 0 Å². The van der Waals surface area contributed by atoms with Crippen LogP contribution >= 0.6 is 0 Å². The number of nitrogens with zero attached hydrogens (tertiary/aromatic N) is 1. The maximum absolute atomic E-state index is 8.48. The smallest absolute Gasteiger partial charge is 0.120 e. The van der Waals surface area contributed by atoms with Crippen LogP contribution in [0.3, 0.4) is 0 Å². The third-order valence-corrected chi connectivity index (χ3v) is 0.918. The van der Waals surface area contributed by atoms with E-state index in [0.717, 1.165) is 0 Å². The summed E-state index contributed by atoms with van der Waals surface area (Å²) in [5, 5.41) is 8.48. The number of nitrogens with two attached hydrogens (primary N) is 1. The molecule has 0 unspecified atom stereocenters. The first-order chi connectivity index (χ1) is 4.45. The van der Waals surface area contributed by atoms with E-state index in [1.165, 1.54) is 0 Å². The molecule has 0 bridgehead atoms. The van der Waals surface area contributed by atoms with Crippen LogP contribution in [0.2, 0.25) is 0 Å². The van der Waals surface area contributed by atoms with Gasteiger partial charge in [-0.05, 0) is 5.41 Å². The van der Waals surface area contributed by atoms with Gasteiger partial charge < -0.3 is 10.8 Å². The maximum atomic E-state index is 8.48. The number of rotatable bonds is 2. The van der Waals surface area contributed by atoms with Crippen LogP contribution in [0.4, 0.5) is 0 Å². The molecule has 10 heavy (non-hydrogen) atoms. The highest BCUT2D eigenvalue weighted by atomic mass is 16.3. The summed E-state index contributed by atoms with van der Waals surface area (Å²) in [4.78, 5) is 3.96. The minimum Gasteiger partial charge on any atom is -0.388 e. The maximum Gasteiger partial charge on any atom is 0.120 e. The average molecular weight is 144 g/mol. The summed E-state index contributed by atoms with van der Waals surface area (Å²) >= 11 is 0. The van der Waals surface area contributed by atoms with Gasteiger partial charge in [-0.3, -0.25) is 4.99 Å². The lowest BCUT2D eigenvalue weighted by Gasteiger charge is -2.14. The molecule has 3 N–H and O–H groups in total. The highest BCUT2D eigenvalue weighted by Gasteiger charge is 2.08. The lowest BCUT2D eigenvalue weighted by Crippen LogP contribution is -2.20. The van der Waals surface area contributed by atoms with Crippen LogP contribution in [-0.2, 0) is 0 Å². The van der Waals surface area contributed by atoms with Gasteiger partial charge in [0.2, 0.25) is 0 Å². The van der Waals surface area contributed by atoms with Gasteiger partial charge in [-0.2, -0.15) is 0 Å². The average Bonchev–Trinajstić information content (AvgIpc) is 1.81. The van der Waals surface area contributed by atoms with Crippen molar-refractivity contribution in [3.63, 3.8) is 0 Å². The first-order valence-corrected chi connectivity index (χ1v) is 3.35. The van der Waals surface area contributed by atoms with E-state index < -0.39 is 0 Å². The van der Waals surface area contributed by atoms with Crippen molar-refractivity contribution in [3.05, 3.63) is 0 Å². The number of aliphatic hydroxyl groups excluding tert-OH is 1. The van der Waals surface area contributed by atoms with E-state index in [9.17, 15) is 0 Å². The van der Waals surface area contributed by atoms with E-state index in [0.29, 0.717) is 12.4 Å². The highest BCUT2D eigenvalue weighted by Crippen LogP contribution is 2.12. The molecule has 0 aromatic carbocycles. The molecule has 0 aromatic heterocycles. The minimum absolute atomic E-state index is 0.143. The normalized spacial score (nSPS) is 13.8. The second kappa shape index (κ2) is 3.56. The number of hydrogen-bond donors (Lipinski definition) is 2. The van der Waals surface area contributed by atoms with Gasteiger partial charge in [-0.15, -0.1) is 0 Å². The van der Waals surface area contributed by atoms with Crippen molar-refractivity contribution in [1.82, 2.24) is 0 Å². The molecule has 0 saturated heterocycles. The summed E-state index contributed by atoms with van der Waals surface area (Å²) in [5.74, 6) is 0.315. The van der Waals surface area contributed by atoms with Crippen LogP contribution in [-0.4, -0.2) is 24.1 Å². The van der Waals surface area contributed by atoms with Gasteiger partial charge in [0, 0.05) is 6.54 Å². The summed E-state index contributed by atoms with van der Waals surface area (Å²) in [5.41, 5.74) is 5.43. The third kappa shape index (κ3) is 5.56. The van der Waals surface area contributed by atoms with Crippen LogP contribution in [0, 0.1) is 5.41 Å². The van der Waals surface area contributed by atoms with Gasteiger partial charge in [0.25, 0.3) is 0 Å². The Bertz CT molecular complexity index is 124. The van der Waals surface area contributed by atoms with Crippen molar-refractivity contribution in [2.45, 2.75) is 20.8 Å². The molecular weight excluding hydrogens is 128 g/mol. The molecule has 60 valence electrons. The Morgan fingerprint density at radius 2 is 2.00 bits per heavy atom. The number of amidine groups is 1. The number of aliphatic imine (C=N–C) groups is 1. The van der Waals surface area contributed by atoms with Crippen molar-refractivity contribution < 1.29 is 5.11 Å². The summed E-state index contributed by atoms with van der Waals surface area (Å²) in [6, 6.07) is 0. The summed E-state index contributed by atoms with van der Waals surface area (Å²) < 4.78 is 0. The molecular formula is C7H16N2O. The Balaban J connectivity index is 3.73. The van der Waals surface area contributed by atoms with Gasteiger partial charge in [0.1, 0.15) is 12.4 Å². The van der Waals surface area contributed by atoms with Crippen molar-refractivity contribution in [2.75, 3.05) is 13.2 Å². The van der Waals surface area contributed by atoms with Crippen LogP contribution in [0.1, 0.15) is 20.8 Å². The van der Waals surface area contributed by atoms with Gasteiger partial charge in [0.15, 0.2) is 0 Å². The molecule has 0 aromatic rings. The molecule has 0 atom stereocenters. The first-order valence-electron chi connectivity index (χ1n) is 3.35. The topological polar surface area (TPSA) is 58.6 Å². The summed E-state index contributed by atoms with van der Waals surface area (Å²) in [6.07, 6.45) is 0.